The second-order valence-electron chi connectivity index (χ2n) is 4.88. The van der Waals surface area contributed by atoms with Crippen molar-refractivity contribution in [3.63, 3.8) is 0 Å². The van der Waals surface area contributed by atoms with Gasteiger partial charge in [0.05, 0.1) is 5.03 Å². The molecule has 0 amide bonds. The first-order chi connectivity index (χ1) is 8.29. The number of hydrogen-bond acceptors (Lipinski definition) is 3. The Hall–Kier alpha value is -0.540. The van der Waals surface area contributed by atoms with Gasteiger partial charge in [0.2, 0.25) is 0 Å². The van der Waals surface area contributed by atoms with Gasteiger partial charge in [-0.25, -0.2) is 4.98 Å². The van der Waals surface area contributed by atoms with Gasteiger partial charge in [0, 0.05) is 11.4 Å². The van der Waals surface area contributed by atoms with Gasteiger partial charge in [-0.1, -0.05) is 25.3 Å². The van der Waals surface area contributed by atoms with Gasteiger partial charge in [-0.2, -0.15) is 0 Å². The van der Waals surface area contributed by atoms with Crippen molar-refractivity contribution >= 4 is 11.8 Å². The summed E-state index contributed by atoms with van der Waals surface area (Å²) in [5.41, 5.74) is 8.14. The van der Waals surface area contributed by atoms with E-state index in [1.54, 1.807) is 0 Å². The molecule has 2 N–H and O–H groups in total. The molecule has 0 unspecified atom stereocenters. The van der Waals surface area contributed by atoms with Crippen molar-refractivity contribution in [1.82, 2.24) is 4.98 Å². The number of pyridine rings is 1. The lowest BCUT2D eigenvalue weighted by Crippen LogP contribution is -2.09. The molecule has 0 spiro atoms. The smallest absolute Gasteiger partial charge is 0.0991 e. The third-order valence-electron chi connectivity index (χ3n) is 3.35. The normalized spacial score (nSPS) is 17.3. The summed E-state index contributed by atoms with van der Waals surface area (Å²) in [5, 5.41) is 2.01. The fourth-order valence-corrected chi connectivity index (χ4v) is 3.63. The highest BCUT2D eigenvalue weighted by atomic mass is 32.2. The van der Waals surface area contributed by atoms with Gasteiger partial charge < -0.3 is 5.73 Å². The molecule has 0 bridgehead atoms. The Balaban J connectivity index is 2.00. The first-order valence-corrected chi connectivity index (χ1v) is 7.50. The lowest BCUT2D eigenvalue weighted by molar-refractivity contribution is 0.515. The van der Waals surface area contributed by atoms with Crippen molar-refractivity contribution in [2.24, 2.45) is 5.73 Å². The van der Waals surface area contributed by atoms with Crippen LogP contribution >= 0.6 is 11.8 Å². The predicted octanol–water partition coefficient (Wildman–Crippen LogP) is 3.32. The molecule has 2 rings (SSSR count). The van der Waals surface area contributed by atoms with Gasteiger partial charge >= 0.3 is 0 Å². The minimum absolute atomic E-state index is 0.705. The summed E-state index contributed by atoms with van der Waals surface area (Å²) in [5.74, 6) is 0. The van der Waals surface area contributed by atoms with E-state index >= 15 is 0 Å². The van der Waals surface area contributed by atoms with Crippen LogP contribution in [0.1, 0.15) is 43.2 Å². The monoisotopic (exact) mass is 250 g/mol. The first-order valence-electron chi connectivity index (χ1n) is 6.62. The second-order valence-corrected chi connectivity index (χ2v) is 6.17. The van der Waals surface area contributed by atoms with E-state index in [4.69, 9.17) is 5.73 Å². The molecule has 94 valence electrons. The van der Waals surface area contributed by atoms with Gasteiger partial charge in [0.1, 0.15) is 0 Å². The standard InChI is InChI=1S/C14H22N2S/c1-11-9-12(7-8-15)10-16-14(11)17-13-5-3-2-4-6-13/h9-10,13H,2-8,15H2,1H3. The predicted molar refractivity (Wildman–Crippen MR) is 74.5 cm³/mol. The minimum atomic E-state index is 0.705. The van der Waals surface area contributed by atoms with Crippen LogP contribution in [0.4, 0.5) is 0 Å². The van der Waals surface area contributed by atoms with E-state index in [2.05, 4.69) is 18.0 Å². The highest BCUT2D eigenvalue weighted by Gasteiger charge is 2.16. The average molecular weight is 250 g/mol. The minimum Gasteiger partial charge on any atom is -0.330 e. The van der Waals surface area contributed by atoms with E-state index in [0.29, 0.717) is 6.54 Å². The zero-order valence-corrected chi connectivity index (χ0v) is 11.4. The van der Waals surface area contributed by atoms with E-state index in [-0.39, 0.29) is 0 Å². The van der Waals surface area contributed by atoms with Crippen LogP contribution in [0.15, 0.2) is 17.3 Å². The fraction of sp³-hybridized carbons (Fsp3) is 0.643. The Bertz CT molecular complexity index is 359. The molecular formula is C14H22N2S. The molecule has 1 saturated carbocycles. The molecule has 1 fully saturated rings. The molecule has 1 heterocycles. The molecule has 0 radical (unpaired) electrons. The number of hydrogen-bond donors (Lipinski definition) is 1. The third kappa shape index (κ3) is 3.71. The SMILES string of the molecule is Cc1cc(CCN)cnc1SC1CCCCC1. The highest BCUT2D eigenvalue weighted by Crippen LogP contribution is 2.34. The number of thioether (sulfide) groups is 1. The highest BCUT2D eigenvalue weighted by molar-refractivity contribution is 7.99. The number of nitrogens with two attached hydrogens (primary N) is 1. The van der Waals surface area contributed by atoms with Gasteiger partial charge in [0.15, 0.2) is 0 Å². The average Bonchev–Trinajstić information content (AvgIpc) is 2.34. The van der Waals surface area contributed by atoms with Crippen LogP contribution in [0.5, 0.6) is 0 Å². The Morgan fingerprint density at radius 2 is 2.12 bits per heavy atom. The Morgan fingerprint density at radius 1 is 1.35 bits per heavy atom. The number of nitrogens with zero attached hydrogens (tertiary/aromatic N) is 1. The van der Waals surface area contributed by atoms with Gasteiger partial charge in [-0.3, -0.25) is 0 Å². The summed E-state index contributed by atoms with van der Waals surface area (Å²) in [6, 6.07) is 2.24. The van der Waals surface area contributed by atoms with E-state index < -0.39 is 0 Å². The van der Waals surface area contributed by atoms with Gasteiger partial charge in [-0.05, 0) is 43.9 Å². The summed E-state index contributed by atoms with van der Waals surface area (Å²) in [7, 11) is 0. The molecule has 2 nitrogen and oxygen atoms in total. The topological polar surface area (TPSA) is 38.9 Å². The van der Waals surface area contributed by atoms with E-state index in [1.165, 1.54) is 48.3 Å². The number of aromatic nitrogens is 1. The lowest BCUT2D eigenvalue weighted by Gasteiger charge is -2.21. The van der Waals surface area contributed by atoms with Crippen molar-refractivity contribution in [1.29, 1.82) is 0 Å². The maximum atomic E-state index is 5.57. The molecule has 1 aromatic rings. The molecule has 1 aliphatic rings. The van der Waals surface area contributed by atoms with Crippen LogP contribution < -0.4 is 5.73 Å². The molecular weight excluding hydrogens is 228 g/mol. The summed E-state index contributed by atoms with van der Waals surface area (Å²) >= 11 is 1.98. The second kappa shape index (κ2) is 6.41. The molecule has 3 heteroatoms. The molecule has 0 aliphatic heterocycles. The Kier molecular flexibility index (Phi) is 4.86. The Morgan fingerprint density at radius 3 is 2.76 bits per heavy atom. The van der Waals surface area contributed by atoms with Crippen molar-refractivity contribution < 1.29 is 0 Å². The van der Waals surface area contributed by atoms with Gasteiger partial charge in [0.25, 0.3) is 0 Å². The van der Waals surface area contributed by atoms with Crippen LogP contribution in [0.2, 0.25) is 0 Å². The van der Waals surface area contributed by atoms with Crippen LogP contribution in [-0.2, 0) is 6.42 Å². The van der Waals surface area contributed by atoms with Gasteiger partial charge in [-0.15, -0.1) is 11.8 Å². The van der Waals surface area contributed by atoms with E-state index in [9.17, 15) is 0 Å². The van der Waals surface area contributed by atoms with Crippen molar-refractivity contribution in [3.05, 3.63) is 23.4 Å². The van der Waals surface area contributed by atoms with Crippen LogP contribution in [0.3, 0.4) is 0 Å². The zero-order chi connectivity index (χ0) is 12.1. The molecule has 1 aromatic heterocycles. The van der Waals surface area contributed by atoms with Crippen LogP contribution in [-0.4, -0.2) is 16.8 Å². The number of aryl methyl sites for hydroxylation is 1. The molecule has 0 atom stereocenters. The van der Waals surface area contributed by atoms with Crippen LogP contribution in [0.25, 0.3) is 0 Å². The third-order valence-corrected chi connectivity index (χ3v) is 4.81. The quantitative estimate of drug-likeness (QED) is 0.891. The molecule has 0 saturated heterocycles. The van der Waals surface area contributed by atoms with Crippen molar-refractivity contribution in [2.75, 3.05) is 6.54 Å². The lowest BCUT2D eigenvalue weighted by atomic mass is 10.0. The Labute approximate surface area is 108 Å². The van der Waals surface area contributed by atoms with E-state index in [0.717, 1.165) is 11.7 Å². The molecule has 17 heavy (non-hydrogen) atoms. The maximum Gasteiger partial charge on any atom is 0.0991 e. The van der Waals surface area contributed by atoms with E-state index in [1.807, 2.05) is 18.0 Å². The molecule has 0 aromatic carbocycles. The first kappa shape index (κ1) is 12.9. The summed E-state index contributed by atoms with van der Waals surface area (Å²) in [6.07, 6.45) is 9.84. The maximum absolute atomic E-state index is 5.57. The molecule has 1 aliphatic carbocycles. The fourth-order valence-electron chi connectivity index (χ4n) is 2.39. The summed E-state index contributed by atoms with van der Waals surface area (Å²) in [6.45, 7) is 2.87. The summed E-state index contributed by atoms with van der Waals surface area (Å²) < 4.78 is 0. The van der Waals surface area contributed by atoms with Crippen molar-refractivity contribution in [3.8, 4) is 0 Å². The summed E-state index contributed by atoms with van der Waals surface area (Å²) in [4.78, 5) is 4.60. The largest absolute Gasteiger partial charge is 0.330 e. The zero-order valence-electron chi connectivity index (χ0n) is 10.6. The number of rotatable bonds is 4. The van der Waals surface area contributed by atoms with Crippen LogP contribution in [0, 0.1) is 6.92 Å². The van der Waals surface area contributed by atoms with Crippen molar-refractivity contribution in [2.45, 2.75) is 55.7 Å².